The van der Waals surface area contributed by atoms with Crippen LogP contribution in [0.1, 0.15) is 64.7 Å². The molecule has 0 saturated heterocycles. The van der Waals surface area contributed by atoms with Gasteiger partial charge in [0.05, 0.1) is 18.8 Å². The molecular weight excluding hydrogens is 260 g/mol. The van der Waals surface area contributed by atoms with E-state index in [9.17, 15) is 9.90 Å². The maximum absolute atomic E-state index is 11.4. The molecule has 0 aliphatic carbocycles. The molecule has 0 fully saturated rings. The van der Waals surface area contributed by atoms with Gasteiger partial charge in [-0.05, 0) is 19.3 Å². The monoisotopic (exact) mass is 290 g/mol. The second kappa shape index (κ2) is 13.3. The van der Waals surface area contributed by atoms with Crippen LogP contribution >= 0.6 is 0 Å². The van der Waals surface area contributed by atoms with E-state index in [0.29, 0.717) is 19.3 Å². The van der Waals surface area contributed by atoms with Crippen molar-refractivity contribution in [2.45, 2.75) is 76.9 Å². The van der Waals surface area contributed by atoms with Crippen molar-refractivity contribution in [2.24, 2.45) is 0 Å². The summed E-state index contributed by atoms with van der Waals surface area (Å²) in [5.41, 5.74) is 0. The van der Waals surface area contributed by atoms with E-state index in [1.807, 2.05) is 0 Å². The van der Waals surface area contributed by atoms with E-state index >= 15 is 0 Å². The highest BCUT2D eigenvalue weighted by Crippen LogP contribution is 2.08. The minimum absolute atomic E-state index is 0.0349. The molecule has 20 heavy (non-hydrogen) atoms. The van der Waals surface area contributed by atoms with Gasteiger partial charge in [0, 0.05) is 6.42 Å². The number of carbonyl (C=O) groups is 1. The summed E-state index contributed by atoms with van der Waals surface area (Å²) in [5, 5.41) is 27.3. The molecule has 0 aromatic rings. The zero-order valence-electron chi connectivity index (χ0n) is 12.6. The Hall–Kier alpha value is -0.650. The molecule has 2 atom stereocenters. The van der Waals surface area contributed by atoms with Crippen LogP contribution in [0, 0.1) is 0 Å². The van der Waals surface area contributed by atoms with Crippen LogP contribution in [-0.4, -0.2) is 46.7 Å². The van der Waals surface area contributed by atoms with Crippen molar-refractivity contribution in [3.63, 3.8) is 0 Å². The van der Waals surface area contributed by atoms with Crippen LogP contribution in [0.15, 0.2) is 0 Å². The Morgan fingerprint density at radius 2 is 1.60 bits per heavy atom. The van der Waals surface area contributed by atoms with Gasteiger partial charge >= 0.3 is 5.97 Å². The van der Waals surface area contributed by atoms with E-state index in [-0.39, 0.29) is 19.2 Å². The molecule has 5 heteroatoms. The van der Waals surface area contributed by atoms with Gasteiger partial charge in [-0.2, -0.15) is 0 Å². The molecule has 0 rings (SSSR count). The number of unbranched alkanes of at least 4 members (excludes halogenated alkanes) is 5. The van der Waals surface area contributed by atoms with Gasteiger partial charge in [0.2, 0.25) is 0 Å². The molecule has 0 aromatic carbocycles. The first-order chi connectivity index (χ1) is 9.60. The van der Waals surface area contributed by atoms with Gasteiger partial charge in [-0.3, -0.25) is 4.79 Å². The lowest BCUT2D eigenvalue weighted by Gasteiger charge is -2.13. The molecular formula is C15H30O5. The summed E-state index contributed by atoms with van der Waals surface area (Å²) >= 11 is 0. The molecule has 0 radical (unpaired) electrons. The molecule has 0 aliphatic heterocycles. The van der Waals surface area contributed by atoms with Crippen molar-refractivity contribution in [1.82, 2.24) is 0 Å². The van der Waals surface area contributed by atoms with Crippen molar-refractivity contribution in [1.29, 1.82) is 0 Å². The van der Waals surface area contributed by atoms with Crippen LogP contribution < -0.4 is 0 Å². The van der Waals surface area contributed by atoms with E-state index in [1.165, 1.54) is 19.3 Å². The van der Waals surface area contributed by atoms with Crippen LogP contribution in [0.25, 0.3) is 0 Å². The number of rotatable bonds is 13. The van der Waals surface area contributed by atoms with Crippen LogP contribution in [0.5, 0.6) is 0 Å². The Labute approximate surface area is 122 Å². The number of hydrogen-bond acceptors (Lipinski definition) is 5. The fraction of sp³-hybridized carbons (Fsp3) is 0.933. The molecule has 0 unspecified atom stereocenters. The largest absolute Gasteiger partial charge is 0.463 e. The van der Waals surface area contributed by atoms with Crippen LogP contribution in [0.2, 0.25) is 0 Å². The highest BCUT2D eigenvalue weighted by molar-refractivity contribution is 5.69. The van der Waals surface area contributed by atoms with Gasteiger partial charge in [0.25, 0.3) is 0 Å². The third-order valence-electron chi connectivity index (χ3n) is 3.22. The first-order valence-electron chi connectivity index (χ1n) is 7.72. The van der Waals surface area contributed by atoms with E-state index in [0.717, 1.165) is 19.3 Å². The lowest BCUT2D eigenvalue weighted by Crippen LogP contribution is -2.21. The van der Waals surface area contributed by atoms with Crippen molar-refractivity contribution < 1.29 is 24.9 Å². The molecule has 0 aliphatic rings. The summed E-state index contributed by atoms with van der Waals surface area (Å²) in [6, 6.07) is 0. The van der Waals surface area contributed by atoms with Gasteiger partial charge in [-0.15, -0.1) is 0 Å². The number of carbonyl (C=O) groups excluding carboxylic acids is 1. The lowest BCUT2D eigenvalue weighted by atomic mass is 10.1. The quantitative estimate of drug-likeness (QED) is 0.355. The lowest BCUT2D eigenvalue weighted by molar-refractivity contribution is -0.147. The minimum Gasteiger partial charge on any atom is -0.463 e. The number of ether oxygens (including phenoxy) is 1. The predicted molar refractivity (Wildman–Crippen MR) is 77.3 cm³/mol. The summed E-state index contributed by atoms with van der Waals surface area (Å²) in [6.45, 7) is 1.82. The third-order valence-corrected chi connectivity index (χ3v) is 3.22. The van der Waals surface area contributed by atoms with Gasteiger partial charge in [0.1, 0.15) is 6.61 Å². The summed E-state index contributed by atoms with van der Waals surface area (Å²) in [6.07, 6.45) is 6.13. The number of hydrogen-bond donors (Lipinski definition) is 3. The molecule has 0 saturated carbocycles. The topological polar surface area (TPSA) is 87.0 Å². The van der Waals surface area contributed by atoms with E-state index in [1.54, 1.807) is 0 Å². The summed E-state index contributed by atoms with van der Waals surface area (Å²) in [5.74, 6) is -0.276. The molecule has 3 N–H and O–H groups in total. The summed E-state index contributed by atoms with van der Waals surface area (Å²) < 4.78 is 4.96. The number of aliphatic hydroxyl groups is 3. The SMILES string of the molecule is CCCCCCCCC(=O)OC[C@H](O)CC[C@H](O)CO. The number of aliphatic hydroxyl groups excluding tert-OH is 3. The molecule has 0 spiro atoms. The fourth-order valence-corrected chi connectivity index (χ4v) is 1.87. The van der Waals surface area contributed by atoms with Gasteiger partial charge in [0.15, 0.2) is 0 Å². The Morgan fingerprint density at radius 1 is 1.00 bits per heavy atom. The van der Waals surface area contributed by atoms with Crippen LogP contribution in [0.3, 0.4) is 0 Å². The molecule has 0 bridgehead atoms. The Bertz CT molecular complexity index is 232. The Balaban J connectivity index is 3.43. The van der Waals surface area contributed by atoms with Crippen molar-refractivity contribution in [2.75, 3.05) is 13.2 Å². The Morgan fingerprint density at radius 3 is 2.25 bits per heavy atom. The van der Waals surface area contributed by atoms with Gasteiger partial charge in [-0.1, -0.05) is 39.0 Å². The second-order valence-electron chi connectivity index (χ2n) is 5.27. The minimum atomic E-state index is -0.816. The first kappa shape index (κ1) is 19.4. The summed E-state index contributed by atoms with van der Waals surface area (Å²) in [4.78, 5) is 11.4. The highest BCUT2D eigenvalue weighted by atomic mass is 16.5. The maximum atomic E-state index is 11.4. The first-order valence-corrected chi connectivity index (χ1v) is 7.72. The van der Waals surface area contributed by atoms with Gasteiger partial charge < -0.3 is 20.1 Å². The zero-order chi connectivity index (χ0) is 15.2. The molecule has 5 nitrogen and oxygen atoms in total. The van der Waals surface area contributed by atoms with Crippen molar-refractivity contribution in [3.05, 3.63) is 0 Å². The molecule has 120 valence electrons. The van der Waals surface area contributed by atoms with Crippen molar-refractivity contribution in [3.8, 4) is 0 Å². The predicted octanol–water partition coefficient (Wildman–Crippen LogP) is 1.77. The molecule has 0 heterocycles. The number of esters is 1. The fourth-order valence-electron chi connectivity index (χ4n) is 1.87. The molecule has 0 aromatic heterocycles. The average Bonchev–Trinajstić information content (AvgIpc) is 2.46. The smallest absolute Gasteiger partial charge is 0.305 e. The third kappa shape index (κ3) is 12.4. The standard InChI is InChI=1S/C15H30O5/c1-2-3-4-5-6-7-8-15(19)20-12-14(18)10-9-13(17)11-16/h13-14,16-18H,2-12H2,1H3/t13-,14+/m0/s1. The van der Waals surface area contributed by atoms with Crippen molar-refractivity contribution >= 4 is 5.97 Å². The average molecular weight is 290 g/mol. The van der Waals surface area contributed by atoms with E-state index in [4.69, 9.17) is 14.9 Å². The maximum Gasteiger partial charge on any atom is 0.305 e. The van der Waals surface area contributed by atoms with Crippen LogP contribution in [-0.2, 0) is 9.53 Å². The van der Waals surface area contributed by atoms with E-state index in [2.05, 4.69) is 6.92 Å². The molecule has 0 amide bonds. The van der Waals surface area contributed by atoms with Crippen LogP contribution in [0.4, 0.5) is 0 Å². The van der Waals surface area contributed by atoms with Gasteiger partial charge in [-0.25, -0.2) is 0 Å². The summed E-state index contributed by atoms with van der Waals surface area (Å²) in [7, 11) is 0. The van der Waals surface area contributed by atoms with E-state index < -0.39 is 12.2 Å². The Kier molecular flexibility index (Phi) is 12.9. The highest BCUT2D eigenvalue weighted by Gasteiger charge is 2.11. The zero-order valence-corrected chi connectivity index (χ0v) is 12.6. The second-order valence-corrected chi connectivity index (χ2v) is 5.27. The normalized spacial score (nSPS) is 14.0.